The van der Waals surface area contributed by atoms with Crippen LogP contribution in [0.5, 0.6) is 0 Å². The Hall–Kier alpha value is -1.78. The minimum atomic E-state index is 0.0721. The van der Waals surface area contributed by atoms with Crippen LogP contribution in [0.3, 0.4) is 0 Å². The lowest BCUT2D eigenvalue weighted by molar-refractivity contribution is -0.140. The van der Waals surface area contributed by atoms with E-state index in [9.17, 15) is 9.59 Å². The molecule has 0 spiro atoms. The summed E-state index contributed by atoms with van der Waals surface area (Å²) in [6.07, 6.45) is 5.11. The molecule has 2 amide bonds. The van der Waals surface area contributed by atoms with Crippen LogP contribution in [0.2, 0.25) is 0 Å². The molecule has 0 aromatic carbocycles. The molecule has 116 valence electrons. The number of rotatable bonds is 5. The van der Waals surface area contributed by atoms with Crippen LogP contribution in [0.15, 0.2) is 23.0 Å². The van der Waals surface area contributed by atoms with Crippen LogP contribution in [-0.4, -0.2) is 47.8 Å². The summed E-state index contributed by atoms with van der Waals surface area (Å²) in [6, 6.07) is 1.81. The van der Waals surface area contributed by atoms with Gasteiger partial charge in [0.1, 0.15) is 0 Å². The monoisotopic (exact) mass is 292 g/mol. The topological polar surface area (TPSA) is 53.8 Å². The summed E-state index contributed by atoms with van der Waals surface area (Å²) < 4.78 is 4.98. The van der Waals surface area contributed by atoms with E-state index in [0.29, 0.717) is 19.5 Å². The van der Waals surface area contributed by atoms with Gasteiger partial charge in [-0.05, 0) is 38.3 Å². The quantitative estimate of drug-likeness (QED) is 0.833. The van der Waals surface area contributed by atoms with E-state index < -0.39 is 0 Å². The zero-order valence-corrected chi connectivity index (χ0v) is 12.9. The maximum Gasteiger partial charge on any atom is 0.227 e. The first-order valence-electron chi connectivity index (χ1n) is 7.73. The van der Waals surface area contributed by atoms with Crippen molar-refractivity contribution in [1.29, 1.82) is 0 Å². The van der Waals surface area contributed by atoms with Gasteiger partial charge in [-0.15, -0.1) is 0 Å². The fourth-order valence-corrected chi connectivity index (χ4v) is 2.85. The highest BCUT2D eigenvalue weighted by Crippen LogP contribution is 2.20. The predicted octanol–water partition coefficient (Wildman–Crippen LogP) is 1.93. The molecule has 0 bridgehead atoms. The molecule has 0 unspecified atom stereocenters. The molecular formula is C16H24N2O3. The Morgan fingerprint density at radius 1 is 1.29 bits per heavy atom. The summed E-state index contributed by atoms with van der Waals surface area (Å²) in [5.74, 6) is 0.426. The molecule has 21 heavy (non-hydrogen) atoms. The Balaban J connectivity index is 1.82. The highest BCUT2D eigenvalue weighted by atomic mass is 16.3. The summed E-state index contributed by atoms with van der Waals surface area (Å²) in [6.45, 7) is 6.88. The lowest BCUT2D eigenvalue weighted by Crippen LogP contribution is -2.44. The number of piperidine rings is 1. The Bertz CT molecular complexity index is 458. The van der Waals surface area contributed by atoms with E-state index in [2.05, 4.69) is 0 Å². The third-order valence-corrected chi connectivity index (χ3v) is 4.21. The predicted molar refractivity (Wildman–Crippen MR) is 79.6 cm³/mol. The van der Waals surface area contributed by atoms with Gasteiger partial charge in [0.2, 0.25) is 11.8 Å². The third kappa shape index (κ3) is 3.86. The Labute approximate surface area is 125 Å². The van der Waals surface area contributed by atoms with Gasteiger partial charge in [0.05, 0.1) is 18.9 Å². The van der Waals surface area contributed by atoms with Crippen molar-refractivity contribution in [1.82, 2.24) is 9.80 Å². The Kier molecular flexibility index (Phi) is 5.42. The standard InChI is InChI=1S/C16H24N2O3/c1-3-17(4-2)16(20)14-5-8-18(9-6-14)15(19)11-13-7-10-21-12-13/h7,10,12,14H,3-6,8-9,11H2,1-2H3. The average molecular weight is 292 g/mol. The normalized spacial score (nSPS) is 16.0. The number of amides is 2. The van der Waals surface area contributed by atoms with Crippen molar-refractivity contribution in [2.45, 2.75) is 33.1 Å². The molecule has 0 saturated carbocycles. The molecule has 2 rings (SSSR count). The minimum absolute atomic E-state index is 0.0721. The van der Waals surface area contributed by atoms with Crippen LogP contribution in [-0.2, 0) is 16.0 Å². The van der Waals surface area contributed by atoms with E-state index in [1.165, 1.54) is 0 Å². The van der Waals surface area contributed by atoms with Gasteiger partial charge in [-0.1, -0.05) is 0 Å². The van der Waals surface area contributed by atoms with E-state index >= 15 is 0 Å². The van der Waals surface area contributed by atoms with Crippen LogP contribution in [0, 0.1) is 5.92 Å². The second kappa shape index (κ2) is 7.29. The molecule has 1 aromatic rings. The van der Waals surface area contributed by atoms with Crippen LogP contribution in [0.1, 0.15) is 32.3 Å². The largest absolute Gasteiger partial charge is 0.472 e. The summed E-state index contributed by atoms with van der Waals surface area (Å²) in [5, 5.41) is 0. The van der Waals surface area contributed by atoms with Gasteiger partial charge in [0.15, 0.2) is 0 Å². The van der Waals surface area contributed by atoms with E-state index in [1.54, 1.807) is 12.5 Å². The number of hydrogen-bond acceptors (Lipinski definition) is 3. The lowest BCUT2D eigenvalue weighted by atomic mass is 9.95. The highest BCUT2D eigenvalue weighted by molar-refractivity contribution is 5.81. The molecule has 5 nitrogen and oxygen atoms in total. The number of furan rings is 1. The molecule has 5 heteroatoms. The van der Waals surface area contributed by atoms with Gasteiger partial charge < -0.3 is 14.2 Å². The molecule has 0 atom stereocenters. The fraction of sp³-hybridized carbons (Fsp3) is 0.625. The molecule has 1 fully saturated rings. The summed E-state index contributed by atoms with van der Waals surface area (Å²) in [5.41, 5.74) is 0.904. The molecule has 0 radical (unpaired) electrons. The molecular weight excluding hydrogens is 268 g/mol. The van der Waals surface area contributed by atoms with Crippen LogP contribution in [0.25, 0.3) is 0 Å². The van der Waals surface area contributed by atoms with Crippen molar-refractivity contribution < 1.29 is 14.0 Å². The number of nitrogens with zero attached hydrogens (tertiary/aromatic N) is 2. The van der Waals surface area contributed by atoms with Crippen LogP contribution < -0.4 is 0 Å². The molecule has 0 N–H and O–H groups in total. The zero-order valence-electron chi connectivity index (χ0n) is 12.9. The first-order valence-corrected chi connectivity index (χ1v) is 7.73. The molecule has 1 saturated heterocycles. The number of carbonyl (C=O) groups excluding carboxylic acids is 2. The molecule has 2 heterocycles. The average Bonchev–Trinajstić information content (AvgIpc) is 3.01. The van der Waals surface area contributed by atoms with Crippen molar-refractivity contribution in [2.75, 3.05) is 26.2 Å². The van der Waals surface area contributed by atoms with E-state index in [-0.39, 0.29) is 17.7 Å². The van der Waals surface area contributed by atoms with Gasteiger partial charge in [0, 0.05) is 32.1 Å². The third-order valence-electron chi connectivity index (χ3n) is 4.21. The molecule has 1 aromatic heterocycles. The van der Waals surface area contributed by atoms with E-state index in [1.807, 2.05) is 29.7 Å². The molecule has 0 aliphatic carbocycles. The number of hydrogen-bond donors (Lipinski definition) is 0. The molecule has 1 aliphatic rings. The first-order chi connectivity index (χ1) is 10.2. The zero-order chi connectivity index (χ0) is 15.2. The number of likely N-dealkylation sites (tertiary alicyclic amines) is 1. The van der Waals surface area contributed by atoms with E-state index in [0.717, 1.165) is 31.5 Å². The van der Waals surface area contributed by atoms with Crippen molar-refractivity contribution in [3.8, 4) is 0 Å². The second-order valence-corrected chi connectivity index (χ2v) is 5.47. The van der Waals surface area contributed by atoms with Crippen molar-refractivity contribution in [3.05, 3.63) is 24.2 Å². The lowest BCUT2D eigenvalue weighted by Gasteiger charge is -2.33. The van der Waals surface area contributed by atoms with Crippen molar-refractivity contribution in [3.63, 3.8) is 0 Å². The second-order valence-electron chi connectivity index (χ2n) is 5.47. The fourth-order valence-electron chi connectivity index (χ4n) is 2.85. The van der Waals surface area contributed by atoms with Crippen LogP contribution in [0.4, 0.5) is 0 Å². The van der Waals surface area contributed by atoms with Gasteiger partial charge in [-0.2, -0.15) is 0 Å². The number of carbonyl (C=O) groups is 2. The van der Waals surface area contributed by atoms with Crippen molar-refractivity contribution >= 4 is 11.8 Å². The maximum atomic E-state index is 12.3. The highest BCUT2D eigenvalue weighted by Gasteiger charge is 2.29. The van der Waals surface area contributed by atoms with E-state index in [4.69, 9.17) is 4.42 Å². The summed E-state index contributed by atoms with van der Waals surface area (Å²) in [7, 11) is 0. The van der Waals surface area contributed by atoms with Crippen molar-refractivity contribution in [2.24, 2.45) is 5.92 Å². The first kappa shape index (κ1) is 15.6. The minimum Gasteiger partial charge on any atom is -0.472 e. The summed E-state index contributed by atoms with van der Waals surface area (Å²) in [4.78, 5) is 28.2. The summed E-state index contributed by atoms with van der Waals surface area (Å²) >= 11 is 0. The Morgan fingerprint density at radius 2 is 1.95 bits per heavy atom. The van der Waals surface area contributed by atoms with Gasteiger partial charge in [0.25, 0.3) is 0 Å². The Morgan fingerprint density at radius 3 is 2.48 bits per heavy atom. The van der Waals surface area contributed by atoms with Gasteiger partial charge >= 0.3 is 0 Å². The van der Waals surface area contributed by atoms with Gasteiger partial charge in [-0.25, -0.2) is 0 Å². The maximum absolute atomic E-state index is 12.3. The SMILES string of the molecule is CCN(CC)C(=O)C1CCN(C(=O)Cc2ccoc2)CC1. The van der Waals surface area contributed by atoms with Gasteiger partial charge in [-0.3, -0.25) is 9.59 Å². The molecule has 1 aliphatic heterocycles. The van der Waals surface area contributed by atoms with Crippen LogP contribution >= 0.6 is 0 Å². The smallest absolute Gasteiger partial charge is 0.227 e.